The van der Waals surface area contributed by atoms with E-state index in [2.05, 4.69) is 15.9 Å². The number of amides is 4. The summed E-state index contributed by atoms with van der Waals surface area (Å²) < 4.78 is 5.20. The molecule has 11 heteroatoms. The highest BCUT2D eigenvalue weighted by atomic mass is 79.9. The second-order valence-corrected chi connectivity index (χ2v) is 11.9. The van der Waals surface area contributed by atoms with Crippen molar-refractivity contribution in [3.05, 3.63) is 41.5 Å². The molecule has 2 heterocycles. The van der Waals surface area contributed by atoms with E-state index in [-0.39, 0.29) is 35.2 Å². The number of alkyl halides is 3. The molecule has 202 valence electrons. The van der Waals surface area contributed by atoms with E-state index in [9.17, 15) is 24.3 Å². The van der Waals surface area contributed by atoms with Crippen LogP contribution in [0.4, 0.5) is 0 Å². The first-order chi connectivity index (χ1) is 18.0. The van der Waals surface area contributed by atoms with Gasteiger partial charge in [0.2, 0.25) is 11.8 Å². The number of carbonyl (C=O) groups is 4. The highest BCUT2D eigenvalue weighted by Crippen LogP contribution is 2.63. The average Bonchev–Trinajstić information content (AvgIpc) is 3.22. The number of allylic oxidation sites excluding steroid dienone is 3. The van der Waals surface area contributed by atoms with Crippen LogP contribution in [-0.4, -0.2) is 67.4 Å². The fourth-order valence-corrected chi connectivity index (χ4v) is 7.90. The van der Waals surface area contributed by atoms with Crippen LogP contribution in [0.15, 0.2) is 35.9 Å². The lowest BCUT2D eigenvalue weighted by Crippen LogP contribution is -2.60. The first kappa shape index (κ1) is 27.2. The number of phenols is 1. The van der Waals surface area contributed by atoms with Crippen LogP contribution in [0.2, 0.25) is 0 Å². The Hall–Kier alpha value is -2.36. The van der Waals surface area contributed by atoms with Crippen LogP contribution < -0.4 is 4.74 Å². The molecule has 1 aromatic carbocycles. The molecule has 5 rings (SSSR count). The van der Waals surface area contributed by atoms with Crippen LogP contribution in [0.1, 0.15) is 31.7 Å². The Balaban J connectivity index is 1.64. The standard InChI is InChI=1S/C27H27BrCl2N2O6/c1-3-10-31-22(34)16-7-6-15-17(21(16)23(31)35)12-26(29)24(36)32(13-28)25(37)27(26,30)18(15)8-4-14-5-9-19(33)20(11-14)38-2/h4-6,8-9,11,16-18,21,33H,3,7,10,12-13H2,1-2H3. The van der Waals surface area contributed by atoms with Crippen molar-refractivity contribution in [1.29, 1.82) is 0 Å². The van der Waals surface area contributed by atoms with E-state index in [0.29, 0.717) is 24.9 Å². The van der Waals surface area contributed by atoms with Gasteiger partial charge in [-0.25, -0.2) is 0 Å². The minimum absolute atomic E-state index is 0.0254. The average molecular weight is 626 g/mol. The van der Waals surface area contributed by atoms with Crippen molar-refractivity contribution in [3.8, 4) is 11.5 Å². The van der Waals surface area contributed by atoms with Crippen molar-refractivity contribution in [3.63, 3.8) is 0 Å². The van der Waals surface area contributed by atoms with Crippen LogP contribution in [0, 0.1) is 23.7 Å². The maximum Gasteiger partial charge on any atom is 0.254 e. The highest BCUT2D eigenvalue weighted by Gasteiger charge is 2.75. The number of rotatable bonds is 6. The van der Waals surface area contributed by atoms with Gasteiger partial charge in [-0.15, -0.1) is 23.2 Å². The lowest BCUT2D eigenvalue weighted by Gasteiger charge is -2.49. The number of methoxy groups -OCH3 is 1. The maximum absolute atomic E-state index is 13.6. The number of aromatic hydroxyl groups is 1. The summed E-state index contributed by atoms with van der Waals surface area (Å²) in [6.07, 6.45) is 6.29. The van der Waals surface area contributed by atoms with Crippen LogP contribution in [0.5, 0.6) is 11.5 Å². The maximum atomic E-state index is 13.6. The van der Waals surface area contributed by atoms with E-state index in [1.807, 2.05) is 13.0 Å². The fourth-order valence-electron chi connectivity index (χ4n) is 6.52. The first-order valence-corrected chi connectivity index (χ1v) is 14.3. The number of carbonyl (C=O) groups excluding carboxylic acids is 4. The molecular weight excluding hydrogens is 599 g/mol. The van der Waals surface area contributed by atoms with Gasteiger partial charge in [-0.1, -0.05) is 52.7 Å². The topological polar surface area (TPSA) is 104 Å². The first-order valence-electron chi connectivity index (χ1n) is 12.5. The summed E-state index contributed by atoms with van der Waals surface area (Å²) in [4.78, 5) is 52.5. The van der Waals surface area contributed by atoms with E-state index < -0.39 is 45.2 Å². The van der Waals surface area contributed by atoms with Crippen LogP contribution >= 0.6 is 39.1 Å². The molecule has 0 aromatic heterocycles. The van der Waals surface area contributed by atoms with E-state index in [4.69, 9.17) is 27.9 Å². The fraction of sp³-hybridized carbons (Fsp3) is 0.481. The molecule has 2 aliphatic carbocycles. The number of phenolic OH excluding ortho intramolecular Hbond substituents is 1. The van der Waals surface area contributed by atoms with E-state index in [0.717, 1.165) is 10.5 Å². The molecule has 1 aromatic rings. The molecule has 2 aliphatic heterocycles. The third-order valence-electron chi connectivity index (χ3n) is 8.29. The predicted octanol–water partition coefficient (Wildman–Crippen LogP) is 4.07. The Labute approximate surface area is 238 Å². The van der Waals surface area contributed by atoms with Crippen LogP contribution in [0.25, 0.3) is 6.08 Å². The Bertz CT molecular complexity index is 1300. The number of imide groups is 2. The Morgan fingerprint density at radius 3 is 2.53 bits per heavy atom. The zero-order valence-corrected chi connectivity index (χ0v) is 23.9. The predicted molar refractivity (Wildman–Crippen MR) is 145 cm³/mol. The molecule has 3 fully saturated rings. The van der Waals surface area contributed by atoms with Crippen molar-refractivity contribution >= 4 is 68.8 Å². The number of ether oxygens (including phenoxy) is 1. The Kier molecular flexibility index (Phi) is 6.93. The molecule has 38 heavy (non-hydrogen) atoms. The van der Waals surface area contributed by atoms with Crippen LogP contribution in [0.3, 0.4) is 0 Å². The summed E-state index contributed by atoms with van der Waals surface area (Å²) in [6, 6.07) is 4.78. The SMILES string of the molecule is CCCN1C(=O)C2CC=C3C(CC4(Cl)C(=O)N(CBr)C(=O)C4(Cl)C3C=Cc3ccc(O)c(OC)c3)C2C1=O. The summed E-state index contributed by atoms with van der Waals surface area (Å²) in [5.74, 6) is -4.03. The molecule has 0 bridgehead atoms. The largest absolute Gasteiger partial charge is 0.504 e. The summed E-state index contributed by atoms with van der Waals surface area (Å²) in [5.41, 5.74) is 1.32. The molecule has 0 spiro atoms. The number of likely N-dealkylation sites (tertiary alicyclic amines) is 2. The molecule has 8 nitrogen and oxygen atoms in total. The third kappa shape index (κ3) is 3.61. The van der Waals surface area contributed by atoms with E-state index in [1.165, 1.54) is 18.1 Å². The molecule has 1 N–H and O–H groups in total. The van der Waals surface area contributed by atoms with Gasteiger partial charge < -0.3 is 9.84 Å². The Morgan fingerprint density at radius 1 is 1.13 bits per heavy atom. The van der Waals surface area contributed by atoms with Gasteiger partial charge in [-0.05, 0) is 42.9 Å². The van der Waals surface area contributed by atoms with Crippen molar-refractivity contribution in [2.45, 2.75) is 35.9 Å². The monoisotopic (exact) mass is 624 g/mol. The van der Waals surface area contributed by atoms with Gasteiger partial charge in [0.1, 0.15) is 0 Å². The highest BCUT2D eigenvalue weighted by molar-refractivity contribution is 9.09. The summed E-state index contributed by atoms with van der Waals surface area (Å²) in [7, 11) is 1.44. The van der Waals surface area contributed by atoms with Gasteiger partial charge in [0.25, 0.3) is 11.8 Å². The number of nitrogens with zero attached hydrogens (tertiary/aromatic N) is 2. The minimum Gasteiger partial charge on any atom is -0.504 e. The van der Waals surface area contributed by atoms with Crippen molar-refractivity contribution in [2.24, 2.45) is 23.7 Å². The van der Waals surface area contributed by atoms with Gasteiger partial charge in [-0.2, -0.15) is 0 Å². The van der Waals surface area contributed by atoms with Crippen LogP contribution in [-0.2, 0) is 19.2 Å². The number of fused-ring (bicyclic) bond motifs is 4. The zero-order valence-electron chi connectivity index (χ0n) is 20.8. The smallest absolute Gasteiger partial charge is 0.254 e. The van der Waals surface area contributed by atoms with Crippen molar-refractivity contribution in [1.82, 2.24) is 9.80 Å². The molecular formula is C27H27BrCl2N2O6. The van der Waals surface area contributed by atoms with Gasteiger partial charge >= 0.3 is 0 Å². The number of halogens is 3. The van der Waals surface area contributed by atoms with E-state index in [1.54, 1.807) is 24.3 Å². The second-order valence-electron chi connectivity index (χ2n) is 10.1. The molecule has 6 atom stereocenters. The summed E-state index contributed by atoms with van der Waals surface area (Å²) in [6.45, 7) is 2.23. The lowest BCUT2D eigenvalue weighted by molar-refractivity contribution is -0.141. The van der Waals surface area contributed by atoms with Gasteiger partial charge in [0.05, 0.1) is 24.4 Å². The lowest BCUT2D eigenvalue weighted by atomic mass is 9.57. The van der Waals surface area contributed by atoms with Crippen molar-refractivity contribution < 1.29 is 29.0 Å². The summed E-state index contributed by atoms with van der Waals surface area (Å²) >= 11 is 17.5. The molecule has 0 radical (unpaired) electrons. The number of hydrogen-bond acceptors (Lipinski definition) is 6. The molecule has 1 saturated carbocycles. The number of benzene rings is 1. The summed E-state index contributed by atoms with van der Waals surface area (Å²) in [5, 5.41) is 9.97. The number of hydrogen-bond donors (Lipinski definition) is 1. The third-order valence-corrected chi connectivity index (χ3v) is 10.2. The normalized spacial score (nSPS) is 34.5. The molecule has 2 saturated heterocycles. The van der Waals surface area contributed by atoms with Gasteiger partial charge in [0, 0.05) is 12.5 Å². The Morgan fingerprint density at radius 2 is 1.87 bits per heavy atom. The molecule has 6 unspecified atom stereocenters. The quantitative estimate of drug-likeness (QED) is 0.221. The zero-order chi connectivity index (χ0) is 27.6. The molecule has 4 aliphatic rings. The minimum atomic E-state index is -1.83. The van der Waals surface area contributed by atoms with Crippen molar-refractivity contribution in [2.75, 3.05) is 19.1 Å². The van der Waals surface area contributed by atoms with Gasteiger partial charge in [-0.3, -0.25) is 29.0 Å². The van der Waals surface area contributed by atoms with E-state index >= 15 is 0 Å². The molecule has 4 amide bonds. The second kappa shape index (κ2) is 9.68. The van der Waals surface area contributed by atoms with Gasteiger partial charge in [0.15, 0.2) is 21.2 Å².